The zero-order valence-corrected chi connectivity index (χ0v) is 22.6. The van der Waals surface area contributed by atoms with Crippen LogP contribution in [0.25, 0.3) is 0 Å². The molecular weight excluding hydrogens is 455 g/mol. The molecule has 0 N–H and O–H groups in total. The molecule has 2 aromatic carbocycles. The van der Waals surface area contributed by atoms with Crippen molar-refractivity contribution < 1.29 is 32.6 Å². The van der Waals surface area contributed by atoms with Gasteiger partial charge in [0.1, 0.15) is 23.0 Å². The van der Waals surface area contributed by atoms with Crippen LogP contribution in [0, 0.1) is 11.3 Å². The number of rotatable bonds is 13. The third-order valence-corrected chi connectivity index (χ3v) is 7.48. The first-order chi connectivity index (χ1) is 16.1. The molecule has 7 nitrogen and oxygen atoms in total. The average Bonchev–Trinajstić information content (AvgIpc) is 2.79. The predicted molar refractivity (Wildman–Crippen MR) is 134 cm³/mol. The van der Waals surface area contributed by atoms with Gasteiger partial charge in [-0.2, -0.15) is 0 Å². The van der Waals surface area contributed by atoms with Crippen molar-refractivity contribution in [2.24, 2.45) is 11.3 Å². The van der Waals surface area contributed by atoms with Gasteiger partial charge in [0.05, 0.1) is 58.9 Å². The van der Waals surface area contributed by atoms with Crippen molar-refractivity contribution in [1.82, 2.24) is 0 Å². The number of hydrogen-bond acceptors (Lipinski definition) is 7. The van der Waals surface area contributed by atoms with Gasteiger partial charge in [0.15, 0.2) is 0 Å². The topological polar surface area (TPSA) is 72.5 Å². The molecule has 0 fully saturated rings. The van der Waals surface area contributed by atoms with Crippen LogP contribution >= 0.6 is 7.60 Å². The van der Waals surface area contributed by atoms with Crippen molar-refractivity contribution in [3.63, 3.8) is 0 Å². The zero-order valence-electron chi connectivity index (χ0n) is 21.7. The van der Waals surface area contributed by atoms with Crippen LogP contribution < -0.4 is 18.9 Å². The Labute approximate surface area is 204 Å². The fourth-order valence-electron chi connectivity index (χ4n) is 4.10. The molecule has 0 amide bonds. The van der Waals surface area contributed by atoms with Crippen molar-refractivity contribution in [3.05, 3.63) is 47.5 Å². The Morgan fingerprint density at radius 3 is 1.38 bits per heavy atom. The van der Waals surface area contributed by atoms with E-state index < -0.39 is 7.60 Å². The highest BCUT2D eigenvalue weighted by molar-refractivity contribution is 7.53. The Balaban J connectivity index is 2.32. The monoisotopic (exact) mass is 494 g/mol. The normalized spacial score (nSPS) is 12.8. The highest BCUT2D eigenvalue weighted by Gasteiger charge is 2.31. The molecule has 34 heavy (non-hydrogen) atoms. The molecule has 0 spiro atoms. The number of benzene rings is 2. The Kier molecular flexibility index (Phi) is 10.3. The molecule has 0 heterocycles. The SMILES string of the molecule is COc1cccc(OC)c1COP(=O)(CC(C)CC(C)(C)C)OCc1c(OC)cccc1OC. The summed E-state index contributed by atoms with van der Waals surface area (Å²) in [5, 5.41) is 0. The van der Waals surface area contributed by atoms with E-state index in [0.29, 0.717) is 34.1 Å². The number of hydrogen-bond donors (Lipinski definition) is 0. The first-order valence-electron chi connectivity index (χ1n) is 11.3. The summed E-state index contributed by atoms with van der Waals surface area (Å²) in [5.41, 5.74) is 1.44. The second-order valence-electron chi connectivity index (χ2n) is 9.49. The van der Waals surface area contributed by atoms with E-state index >= 15 is 0 Å². The molecule has 0 bridgehead atoms. The Morgan fingerprint density at radius 1 is 0.735 bits per heavy atom. The van der Waals surface area contributed by atoms with Gasteiger partial charge in [-0.05, 0) is 42.0 Å². The third-order valence-electron chi connectivity index (χ3n) is 5.37. The van der Waals surface area contributed by atoms with Gasteiger partial charge in [-0.25, -0.2) is 0 Å². The van der Waals surface area contributed by atoms with Crippen LogP contribution in [0.4, 0.5) is 0 Å². The quantitative estimate of drug-likeness (QED) is 0.286. The zero-order chi connectivity index (χ0) is 25.4. The maximum absolute atomic E-state index is 14.0. The first-order valence-corrected chi connectivity index (χ1v) is 13.1. The Hall–Kier alpha value is -2.21. The summed E-state index contributed by atoms with van der Waals surface area (Å²) in [4.78, 5) is 0. The minimum Gasteiger partial charge on any atom is -0.496 e. The van der Waals surface area contributed by atoms with Gasteiger partial charge in [0, 0.05) is 0 Å². The van der Waals surface area contributed by atoms with Crippen molar-refractivity contribution in [3.8, 4) is 23.0 Å². The molecule has 0 aliphatic rings. The molecule has 1 atom stereocenters. The predicted octanol–water partition coefficient (Wildman–Crippen LogP) is 6.72. The summed E-state index contributed by atoms with van der Waals surface area (Å²) in [6, 6.07) is 10.9. The summed E-state index contributed by atoms with van der Waals surface area (Å²) >= 11 is 0. The number of ether oxygens (including phenoxy) is 4. The molecule has 0 aliphatic carbocycles. The largest absolute Gasteiger partial charge is 0.496 e. The molecule has 0 saturated heterocycles. The van der Waals surface area contributed by atoms with Crippen LogP contribution in [0.5, 0.6) is 23.0 Å². The van der Waals surface area contributed by atoms with E-state index in [0.717, 1.165) is 6.42 Å². The smallest absolute Gasteiger partial charge is 0.331 e. The molecule has 8 heteroatoms. The van der Waals surface area contributed by atoms with Gasteiger partial charge in [-0.15, -0.1) is 0 Å². The van der Waals surface area contributed by atoms with Crippen molar-refractivity contribution >= 4 is 7.60 Å². The minimum absolute atomic E-state index is 0.0236. The van der Waals surface area contributed by atoms with Gasteiger partial charge in [0.25, 0.3) is 0 Å². The molecule has 190 valence electrons. The lowest BCUT2D eigenvalue weighted by Gasteiger charge is -2.27. The van der Waals surface area contributed by atoms with Crippen LogP contribution in [0.2, 0.25) is 0 Å². The molecule has 0 saturated carbocycles. The molecule has 2 aromatic rings. The molecule has 1 unspecified atom stereocenters. The van der Waals surface area contributed by atoms with Crippen LogP contribution in [0.3, 0.4) is 0 Å². The van der Waals surface area contributed by atoms with Gasteiger partial charge < -0.3 is 28.0 Å². The van der Waals surface area contributed by atoms with Gasteiger partial charge in [-0.3, -0.25) is 4.57 Å². The Bertz CT molecular complexity index is 860. The second kappa shape index (κ2) is 12.5. The van der Waals surface area contributed by atoms with Gasteiger partial charge in [0.2, 0.25) is 0 Å². The van der Waals surface area contributed by atoms with Crippen molar-refractivity contribution in [2.75, 3.05) is 34.6 Å². The lowest BCUT2D eigenvalue weighted by molar-refractivity contribution is 0.179. The fourth-order valence-corrected chi connectivity index (χ4v) is 5.93. The Morgan fingerprint density at radius 2 is 1.09 bits per heavy atom. The molecule has 0 aromatic heterocycles. The summed E-state index contributed by atoms with van der Waals surface area (Å²) in [6.45, 7) is 8.60. The van der Waals surface area contributed by atoms with E-state index in [2.05, 4.69) is 27.7 Å². The second-order valence-corrected chi connectivity index (χ2v) is 11.6. The molecular formula is C26H39O7P. The van der Waals surface area contributed by atoms with Crippen molar-refractivity contribution in [2.45, 2.75) is 47.3 Å². The average molecular weight is 495 g/mol. The number of methoxy groups -OCH3 is 4. The maximum Gasteiger partial charge on any atom is 0.331 e. The van der Waals surface area contributed by atoms with Crippen LogP contribution in [0.1, 0.15) is 45.2 Å². The molecule has 0 radical (unpaired) electrons. The van der Waals surface area contributed by atoms with E-state index in [4.69, 9.17) is 28.0 Å². The summed E-state index contributed by atoms with van der Waals surface area (Å²) in [5.74, 6) is 2.50. The van der Waals surface area contributed by atoms with Gasteiger partial charge in [-0.1, -0.05) is 39.8 Å². The van der Waals surface area contributed by atoms with Crippen molar-refractivity contribution in [1.29, 1.82) is 0 Å². The summed E-state index contributed by atoms with van der Waals surface area (Å²) in [7, 11) is 2.77. The highest BCUT2D eigenvalue weighted by atomic mass is 31.2. The fraction of sp³-hybridized carbons (Fsp3) is 0.538. The van der Waals surface area contributed by atoms with E-state index in [1.165, 1.54) is 0 Å². The summed E-state index contributed by atoms with van der Waals surface area (Å²) < 4.78 is 48.0. The van der Waals surface area contributed by atoms with Crippen LogP contribution in [-0.4, -0.2) is 34.6 Å². The molecule has 2 rings (SSSR count). The van der Waals surface area contributed by atoms with E-state index in [1.54, 1.807) is 28.4 Å². The third kappa shape index (κ3) is 7.93. The standard InChI is InChI=1S/C26H39O7P/c1-19(15-26(2,3)4)18-34(27,32-16-20-22(28-5)11-9-12-23(20)29-6)33-17-21-24(30-7)13-10-14-25(21)31-8/h9-14,19H,15-18H2,1-8H3. The highest BCUT2D eigenvalue weighted by Crippen LogP contribution is 2.53. The molecule has 0 aliphatic heterocycles. The maximum atomic E-state index is 14.0. The van der Waals surface area contributed by atoms with Gasteiger partial charge >= 0.3 is 7.60 Å². The van der Waals surface area contributed by atoms with Crippen LogP contribution in [-0.2, 0) is 26.8 Å². The van der Waals surface area contributed by atoms with E-state index in [1.807, 2.05) is 36.4 Å². The summed E-state index contributed by atoms with van der Waals surface area (Å²) in [6.07, 6.45) is 1.15. The van der Waals surface area contributed by atoms with E-state index in [-0.39, 0.29) is 30.7 Å². The lowest BCUT2D eigenvalue weighted by Crippen LogP contribution is -2.16. The first kappa shape index (κ1) is 28.0. The van der Waals surface area contributed by atoms with E-state index in [9.17, 15) is 4.57 Å². The minimum atomic E-state index is -3.54. The lowest BCUT2D eigenvalue weighted by atomic mass is 9.86. The van der Waals surface area contributed by atoms with Crippen LogP contribution in [0.15, 0.2) is 36.4 Å².